The minimum Gasteiger partial charge on any atom is -0.328 e. The molecule has 0 amide bonds. The molecule has 1 aliphatic rings. The van der Waals surface area contributed by atoms with Gasteiger partial charge < -0.3 is 5.73 Å². The van der Waals surface area contributed by atoms with E-state index in [4.69, 9.17) is 5.73 Å². The first-order chi connectivity index (χ1) is 7.16. The Morgan fingerprint density at radius 2 is 1.67 bits per heavy atom. The van der Waals surface area contributed by atoms with E-state index < -0.39 is 11.6 Å². The first-order valence-corrected chi connectivity index (χ1v) is 5.37. The SMILES string of the molecule is NC1CCC(c2ccc(F)c(F)c2)CC1. The van der Waals surface area contributed by atoms with Crippen LogP contribution in [-0.4, -0.2) is 6.04 Å². The van der Waals surface area contributed by atoms with Gasteiger partial charge in [-0.1, -0.05) is 6.07 Å². The lowest BCUT2D eigenvalue weighted by atomic mass is 9.82. The molecule has 82 valence electrons. The van der Waals surface area contributed by atoms with Gasteiger partial charge in [-0.25, -0.2) is 8.78 Å². The molecule has 0 spiro atoms. The van der Waals surface area contributed by atoms with Gasteiger partial charge in [-0.3, -0.25) is 0 Å². The summed E-state index contributed by atoms with van der Waals surface area (Å²) in [4.78, 5) is 0. The number of rotatable bonds is 1. The van der Waals surface area contributed by atoms with Gasteiger partial charge in [-0.05, 0) is 49.3 Å². The second kappa shape index (κ2) is 4.27. The van der Waals surface area contributed by atoms with Crippen molar-refractivity contribution in [3.8, 4) is 0 Å². The summed E-state index contributed by atoms with van der Waals surface area (Å²) in [7, 11) is 0. The topological polar surface area (TPSA) is 26.0 Å². The van der Waals surface area contributed by atoms with Crippen molar-refractivity contribution in [1.82, 2.24) is 0 Å². The van der Waals surface area contributed by atoms with E-state index in [1.165, 1.54) is 12.1 Å². The summed E-state index contributed by atoms with van der Waals surface area (Å²) in [6, 6.07) is 4.49. The second-order valence-corrected chi connectivity index (χ2v) is 4.29. The summed E-state index contributed by atoms with van der Waals surface area (Å²) in [6.07, 6.45) is 3.91. The van der Waals surface area contributed by atoms with E-state index in [0.29, 0.717) is 5.92 Å². The number of hydrogen-bond acceptors (Lipinski definition) is 1. The Labute approximate surface area is 88.3 Å². The van der Waals surface area contributed by atoms with Gasteiger partial charge in [0.05, 0.1) is 0 Å². The molecule has 2 rings (SSSR count). The molecule has 3 heteroatoms. The van der Waals surface area contributed by atoms with E-state index in [-0.39, 0.29) is 6.04 Å². The number of nitrogens with two attached hydrogens (primary N) is 1. The maximum absolute atomic E-state index is 13.0. The summed E-state index contributed by atoms with van der Waals surface area (Å²) >= 11 is 0. The molecule has 0 bridgehead atoms. The van der Waals surface area contributed by atoms with Crippen molar-refractivity contribution in [1.29, 1.82) is 0 Å². The fraction of sp³-hybridized carbons (Fsp3) is 0.500. The summed E-state index contributed by atoms with van der Waals surface area (Å²) in [5.41, 5.74) is 6.70. The lowest BCUT2D eigenvalue weighted by Crippen LogP contribution is -2.25. The monoisotopic (exact) mass is 211 g/mol. The van der Waals surface area contributed by atoms with Crippen LogP contribution in [0.25, 0.3) is 0 Å². The Morgan fingerprint density at radius 1 is 1.00 bits per heavy atom. The standard InChI is InChI=1S/C12H15F2N/c13-11-6-3-9(7-12(11)14)8-1-4-10(15)5-2-8/h3,6-8,10H,1-2,4-5,15H2. The Kier molecular flexibility index (Phi) is 3.00. The van der Waals surface area contributed by atoms with Crippen LogP contribution in [0.15, 0.2) is 18.2 Å². The van der Waals surface area contributed by atoms with Gasteiger partial charge in [0.15, 0.2) is 11.6 Å². The molecule has 0 aromatic heterocycles. The van der Waals surface area contributed by atoms with Crippen LogP contribution < -0.4 is 5.73 Å². The van der Waals surface area contributed by atoms with Gasteiger partial charge >= 0.3 is 0 Å². The fourth-order valence-electron chi connectivity index (χ4n) is 2.22. The third kappa shape index (κ3) is 2.34. The van der Waals surface area contributed by atoms with Crippen LogP contribution in [0.2, 0.25) is 0 Å². The van der Waals surface area contributed by atoms with Crippen molar-refractivity contribution >= 4 is 0 Å². The third-order valence-electron chi connectivity index (χ3n) is 3.19. The first kappa shape index (κ1) is 10.6. The molecule has 0 unspecified atom stereocenters. The molecule has 1 aromatic rings. The first-order valence-electron chi connectivity index (χ1n) is 5.37. The van der Waals surface area contributed by atoms with Gasteiger partial charge in [0.2, 0.25) is 0 Å². The highest BCUT2D eigenvalue weighted by Gasteiger charge is 2.20. The highest BCUT2D eigenvalue weighted by molar-refractivity contribution is 5.22. The molecule has 1 saturated carbocycles. The number of benzene rings is 1. The maximum atomic E-state index is 13.0. The summed E-state index contributed by atoms with van der Waals surface area (Å²) in [5, 5.41) is 0. The van der Waals surface area contributed by atoms with Crippen LogP contribution in [0.5, 0.6) is 0 Å². The van der Waals surface area contributed by atoms with Crippen molar-refractivity contribution in [3.05, 3.63) is 35.4 Å². The third-order valence-corrected chi connectivity index (χ3v) is 3.19. The van der Waals surface area contributed by atoms with Crippen LogP contribution in [0, 0.1) is 11.6 Å². The molecule has 0 aliphatic heterocycles. The molecule has 0 atom stereocenters. The Morgan fingerprint density at radius 3 is 2.27 bits per heavy atom. The van der Waals surface area contributed by atoms with Crippen molar-refractivity contribution in [2.24, 2.45) is 5.73 Å². The van der Waals surface area contributed by atoms with Crippen molar-refractivity contribution in [2.45, 2.75) is 37.6 Å². The van der Waals surface area contributed by atoms with Crippen LogP contribution >= 0.6 is 0 Å². The zero-order valence-corrected chi connectivity index (χ0v) is 8.55. The maximum Gasteiger partial charge on any atom is 0.159 e. The Hall–Kier alpha value is -0.960. The van der Waals surface area contributed by atoms with E-state index in [1.54, 1.807) is 6.07 Å². The van der Waals surface area contributed by atoms with E-state index in [9.17, 15) is 8.78 Å². The minimum atomic E-state index is -0.772. The molecule has 0 heterocycles. The van der Waals surface area contributed by atoms with Gasteiger partial charge in [-0.15, -0.1) is 0 Å². The number of halogens is 2. The highest BCUT2D eigenvalue weighted by atomic mass is 19.2. The van der Waals surface area contributed by atoms with E-state index in [0.717, 1.165) is 31.2 Å². The highest BCUT2D eigenvalue weighted by Crippen LogP contribution is 2.32. The van der Waals surface area contributed by atoms with Crippen LogP contribution in [0.1, 0.15) is 37.2 Å². The fourth-order valence-corrected chi connectivity index (χ4v) is 2.22. The molecule has 0 saturated heterocycles. The smallest absolute Gasteiger partial charge is 0.159 e. The van der Waals surface area contributed by atoms with E-state index >= 15 is 0 Å². The summed E-state index contributed by atoms with van der Waals surface area (Å²) < 4.78 is 25.7. The molecule has 1 fully saturated rings. The predicted molar refractivity (Wildman–Crippen MR) is 55.5 cm³/mol. The summed E-state index contributed by atoms with van der Waals surface area (Å²) in [6.45, 7) is 0. The summed E-state index contributed by atoms with van der Waals surface area (Å²) in [5.74, 6) is -1.17. The van der Waals surface area contributed by atoms with Gasteiger partial charge in [0.25, 0.3) is 0 Å². The molecule has 1 nitrogen and oxygen atoms in total. The Balaban J connectivity index is 2.12. The molecular weight excluding hydrogens is 196 g/mol. The second-order valence-electron chi connectivity index (χ2n) is 4.29. The zero-order chi connectivity index (χ0) is 10.8. The van der Waals surface area contributed by atoms with Crippen molar-refractivity contribution in [2.75, 3.05) is 0 Å². The van der Waals surface area contributed by atoms with Crippen molar-refractivity contribution in [3.63, 3.8) is 0 Å². The minimum absolute atomic E-state index is 0.284. The van der Waals surface area contributed by atoms with Crippen LogP contribution in [0.3, 0.4) is 0 Å². The number of hydrogen-bond donors (Lipinski definition) is 1. The van der Waals surface area contributed by atoms with Crippen molar-refractivity contribution < 1.29 is 8.78 Å². The van der Waals surface area contributed by atoms with Gasteiger partial charge in [0.1, 0.15) is 0 Å². The van der Waals surface area contributed by atoms with Gasteiger partial charge in [-0.2, -0.15) is 0 Å². The van der Waals surface area contributed by atoms with Crippen LogP contribution in [0.4, 0.5) is 8.78 Å². The van der Waals surface area contributed by atoms with Crippen LogP contribution in [-0.2, 0) is 0 Å². The van der Waals surface area contributed by atoms with Gasteiger partial charge in [0, 0.05) is 6.04 Å². The Bertz CT molecular complexity index is 343. The van der Waals surface area contributed by atoms with E-state index in [2.05, 4.69) is 0 Å². The largest absolute Gasteiger partial charge is 0.328 e. The van der Waals surface area contributed by atoms with E-state index in [1.807, 2.05) is 0 Å². The molecule has 15 heavy (non-hydrogen) atoms. The zero-order valence-electron chi connectivity index (χ0n) is 8.55. The molecule has 1 aromatic carbocycles. The quantitative estimate of drug-likeness (QED) is 0.759. The molecule has 2 N–H and O–H groups in total. The molecular formula is C12H15F2N. The predicted octanol–water partition coefficient (Wildman–Crippen LogP) is 2.95. The lowest BCUT2D eigenvalue weighted by Gasteiger charge is -2.26. The lowest BCUT2D eigenvalue weighted by molar-refractivity contribution is 0.393. The average molecular weight is 211 g/mol. The molecule has 0 radical (unpaired) electrons. The molecule has 1 aliphatic carbocycles. The average Bonchev–Trinajstić information content (AvgIpc) is 2.23. The normalized spacial score (nSPS) is 26.6.